The Hall–Kier alpha value is -0.910. The minimum Gasteiger partial charge on any atom is -0.456 e. The van der Waals surface area contributed by atoms with Crippen LogP contribution in [0, 0.1) is 5.92 Å². The van der Waals surface area contributed by atoms with Crippen LogP contribution in [0.3, 0.4) is 0 Å². The van der Waals surface area contributed by atoms with Gasteiger partial charge in [-0.15, -0.1) is 0 Å². The highest BCUT2D eigenvalue weighted by molar-refractivity contribution is 5.87. The number of carbonyl (C=O) groups is 1. The second-order valence-corrected chi connectivity index (χ2v) is 8.95. The van der Waals surface area contributed by atoms with Crippen LogP contribution < -0.4 is 0 Å². The Morgan fingerprint density at radius 2 is 1.84 bits per heavy atom. The van der Waals surface area contributed by atoms with Gasteiger partial charge >= 0.3 is 5.97 Å². The highest BCUT2D eigenvalue weighted by Crippen LogP contribution is 2.53. The van der Waals surface area contributed by atoms with Crippen LogP contribution in [0.4, 0.5) is 0 Å². The average Bonchev–Trinajstić information content (AvgIpc) is 3.37. The predicted octanol–water partition coefficient (Wildman–Crippen LogP) is 3.14. The van der Waals surface area contributed by atoms with Crippen LogP contribution in [0.2, 0.25) is 0 Å². The molecule has 0 unspecified atom stereocenters. The molecule has 6 atom stereocenters. The largest absolute Gasteiger partial charge is 0.456 e. The second kappa shape index (κ2) is 6.07. The fraction of sp³-hybridized carbons (Fsp3) is 0.850. The molecule has 1 N–H and O–H groups in total. The number of aliphatic hydroxyl groups is 1. The van der Waals surface area contributed by atoms with E-state index in [1.807, 2.05) is 6.92 Å². The van der Waals surface area contributed by atoms with Crippen molar-refractivity contribution in [2.24, 2.45) is 5.92 Å². The molecule has 2 saturated heterocycles. The van der Waals surface area contributed by atoms with E-state index in [0.717, 1.165) is 25.7 Å². The van der Waals surface area contributed by atoms with Crippen LogP contribution >= 0.6 is 0 Å². The Morgan fingerprint density at radius 3 is 2.44 bits per heavy atom. The smallest absolute Gasteiger partial charge is 0.333 e. The lowest BCUT2D eigenvalue weighted by molar-refractivity contribution is -0.155. The molecule has 1 aliphatic carbocycles. The Balaban J connectivity index is 1.87. The molecule has 2 heterocycles. The van der Waals surface area contributed by atoms with Gasteiger partial charge in [0.2, 0.25) is 0 Å². The zero-order valence-electron chi connectivity index (χ0n) is 16.3. The van der Waals surface area contributed by atoms with Crippen LogP contribution in [0.15, 0.2) is 11.6 Å². The van der Waals surface area contributed by atoms with Gasteiger partial charge < -0.3 is 19.3 Å². The van der Waals surface area contributed by atoms with Crippen molar-refractivity contribution in [3.63, 3.8) is 0 Å². The fourth-order valence-electron chi connectivity index (χ4n) is 4.22. The fourth-order valence-corrected chi connectivity index (χ4v) is 4.22. The lowest BCUT2D eigenvalue weighted by atomic mass is 9.76. The third-order valence-corrected chi connectivity index (χ3v) is 6.43. The van der Waals surface area contributed by atoms with Crippen LogP contribution in [0.5, 0.6) is 0 Å². The maximum Gasteiger partial charge on any atom is 0.333 e. The molecule has 3 aliphatic rings. The van der Waals surface area contributed by atoms with E-state index in [2.05, 4.69) is 13.8 Å². The molecule has 0 aromatic carbocycles. The van der Waals surface area contributed by atoms with Crippen LogP contribution in [-0.4, -0.2) is 46.2 Å². The highest BCUT2D eigenvalue weighted by atomic mass is 16.6. The number of hydrogen-bond acceptors (Lipinski definition) is 5. The van der Waals surface area contributed by atoms with Crippen LogP contribution in [-0.2, 0) is 19.0 Å². The minimum atomic E-state index is -0.971. The molecule has 0 amide bonds. The number of epoxide rings is 2. The number of ether oxygens (including phenoxy) is 3. The molecule has 3 fully saturated rings. The van der Waals surface area contributed by atoms with Gasteiger partial charge in [0.1, 0.15) is 12.2 Å². The van der Waals surface area contributed by atoms with E-state index >= 15 is 0 Å². The summed E-state index contributed by atoms with van der Waals surface area (Å²) in [5.41, 5.74) is -0.814. The third-order valence-electron chi connectivity index (χ3n) is 6.43. The second-order valence-electron chi connectivity index (χ2n) is 8.95. The summed E-state index contributed by atoms with van der Waals surface area (Å²) in [6.07, 6.45) is 4.84. The standard InChI is InChI=1S/C20H32O5/c1-7-12(2)17(21)23-15-13(18(3,4)22)8-10-19(5)14(24-19)9-11-20(6)16(15)25-20/h7,13-16,22H,8-11H2,1-6H3/b12-7-/t13-,14-,15-,16+,19+,20-/m1/s1. The first-order valence-electron chi connectivity index (χ1n) is 9.42. The Labute approximate surface area is 150 Å². The first-order valence-corrected chi connectivity index (χ1v) is 9.42. The van der Waals surface area contributed by atoms with Crippen molar-refractivity contribution in [3.05, 3.63) is 11.6 Å². The van der Waals surface area contributed by atoms with E-state index in [-0.39, 0.29) is 35.3 Å². The molecule has 0 spiro atoms. The van der Waals surface area contributed by atoms with Crippen molar-refractivity contribution in [1.82, 2.24) is 0 Å². The molecule has 0 bridgehead atoms. The van der Waals surface area contributed by atoms with Crippen molar-refractivity contribution in [2.45, 2.75) is 102 Å². The summed E-state index contributed by atoms with van der Waals surface area (Å²) in [6, 6.07) is 0. The van der Waals surface area contributed by atoms with E-state index in [4.69, 9.17) is 14.2 Å². The normalized spacial score (nSPS) is 44.4. The maximum atomic E-state index is 12.4. The molecular formula is C20H32O5. The van der Waals surface area contributed by atoms with Crippen LogP contribution in [0.1, 0.15) is 67.2 Å². The monoisotopic (exact) mass is 352 g/mol. The molecular weight excluding hydrogens is 320 g/mol. The molecule has 142 valence electrons. The molecule has 1 saturated carbocycles. The Kier molecular flexibility index (Phi) is 4.58. The summed E-state index contributed by atoms with van der Waals surface area (Å²) in [6.45, 7) is 11.4. The topological polar surface area (TPSA) is 71.6 Å². The summed E-state index contributed by atoms with van der Waals surface area (Å²) < 4.78 is 17.8. The van der Waals surface area contributed by atoms with Crippen molar-refractivity contribution in [1.29, 1.82) is 0 Å². The number of fused-ring (bicyclic) bond motifs is 2. The van der Waals surface area contributed by atoms with Crippen LogP contribution in [0.25, 0.3) is 0 Å². The molecule has 3 rings (SSSR count). The molecule has 25 heavy (non-hydrogen) atoms. The lowest BCUT2D eigenvalue weighted by Crippen LogP contribution is -2.46. The number of allylic oxidation sites excluding steroid dienone is 1. The van der Waals surface area contributed by atoms with E-state index in [9.17, 15) is 9.90 Å². The van der Waals surface area contributed by atoms with Gasteiger partial charge in [0.05, 0.1) is 22.9 Å². The number of carbonyl (C=O) groups excluding carboxylic acids is 1. The van der Waals surface area contributed by atoms with Crippen molar-refractivity contribution >= 4 is 5.97 Å². The van der Waals surface area contributed by atoms with Crippen molar-refractivity contribution in [3.8, 4) is 0 Å². The zero-order valence-corrected chi connectivity index (χ0v) is 16.3. The van der Waals surface area contributed by atoms with Gasteiger partial charge in [0.25, 0.3) is 0 Å². The predicted molar refractivity (Wildman–Crippen MR) is 94.1 cm³/mol. The van der Waals surface area contributed by atoms with Gasteiger partial charge in [-0.25, -0.2) is 4.79 Å². The Bertz CT molecular complexity index is 577. The first kappa shape index (κ1) is 18.9. The molecule has 0 radical (unpaired) electrons. The zero-order chi connectivity index (χ0) is 18.6. The molecule has 2 aliphatic heterocycles. The van der Waals surface area contributed by atoms with Gasteiger partial charge in [-0.1, -0.05) is 6.08 Å². The summed E-state index contributed by atoms with van der Waals surface area (Å²) in [5.74, 6) is -0.531. The van der Waals surface area contributed by atoms with E-state index in [1.165, 1.54) is 0 Å². The Morgan fingerprint density at radius 1 is 1.20 bits per heavy atom. The summed E-state index contributed by atoms with van der Waals surface area (Å²) in [4.78, 5) is 12.4. The van der Waals surface area contributed by atoms with E-state index in [1.54, 1.807) is 26.8 Å². The molecule has 5 nitrogen and oxygen atoms in total. The van der Waals surface area contributed by atoms with Gasteiger partial charge in [-0.3, -0.25) is 0 Å². The first-order chi connectivity index (χ1) is 11.5. The summed E-state index contributed by atoms with van der Waals surface area (Å²) in [5, 5.41) is 10.8. The highest BCUT2D eigenvalue weighted by Gasteiger charge is 2.63. The lowest BCUT2D eigenvalue weighted by Gasteiger charge is -2.36. The molecule has 0 aromatic heterocycles. The van der Waals surface area contributed by atoms with E-state index in [0.29, 0.717) is 5.57 Å². The van der Waals surface area contributed by atoms with Crippen molar-refractivity contribution in [2.75, 3.05) is 0 Å². The molecule has 0 aromatic rings. The summed E-state index contributed by atoms with van der Waals surface area (Å²) in [7, 11) is 0. The number of esters is 1. The summed E-state index contributed by atoms with van der Waals surface area (Å²) >= 11 is 0. The van der Waals surface area contributed by atoms with Gasteiger partial charge in [0, 0.05) is 11.5 Å². The SMILES string of the molecule is C/C=C(/C)C(=O)O[C@@H]1[C@H](C(C)(C)O)CC[C@]2(C)O[C@@H]2CC[C@@]2(C)O[C@@H]12. The van der Waals surface area contributed by atoms with E-state index < -0.39 is 11.7 Å². The number of hydrogen-bond donors (Lipinski definition) is 1. The van der Waals surface area contributed by atoms with Gasteiger partial charge in [-0.05, 0) is 67.2 Å². The number of rotatable bonds is 3. The minimum absolute atomic E-state index is 0.116. The average molecular weight is 352 g/mol. The van der Waals surface area contributed by atoms with Gasteiger partial charge in [0.15, 0.2) is 0 Å². The van der Waals surface area contributed by atoms with Crippen molar-refractivity contribution < 1.29 is 24.1 Å². The molecule has 5 heteroatoms. The quantitative estimate of drug-likeness (QED) is 0.480. The third kappa shape index (κ3) is 3.64. The van der Waals surface area contributed by atoms with Gasteiger partial charge in [-0.2, -0.15) is 0 Å². The maximum absolute atomic E-state index is 12.4.